The minimum absolute atomic E-state index is 0.0641. The number of hydrazone groups is 1. The molecular formula is C19H20ClN3O2. The van der Waals surface area contributed by atoms with Crippen molar-refractivity contribution in [3.05, 3.63) is 64.2 Å². The predicted octanol–water partition coefficient (Wildman–Crippen LogP) is 3.83. The molecule has 25 heavy (non-hydrogen) atoms. The van der Waals surface area contributed by atoms with Crippen LogP contribution in [0, 0.1) is 13.8 Å². The first-order chi connectivity index (χ1) is 11.9. The average molecular weight is 358 g/mol. The Bertz CT molecular complexity index is 786. The fraction of sp³-hybridized carbons (Fsp3) is 0.211. The lowest BCUT2D eigenvalue weighted by Gasteiger charge is -2.09. The highest BCUT2D eigenvalue weighted by molar-refractivity contribution is 6.30. The molecule has 5 nitrogen and oxygen atoms in total. The molecule has 2 amide bonds. The number of amides is 2. The van der Waals surface area contributed by atoms with Crippen LogP contribution in [0.4, 0.5) is 5.69 Å². The molecule has 0 aliphatic carbocycles. The molecule has 0 heterocycles. The molecule has 2 rings (SSSR count). The highest BCUT2D eigenvalue weighted by Crippen LogP contribution is 2.16. The van der Waals surface area contributed by atoms with Gasteiger partial charge in [-0.3, -0.25) is 9.59 Å². The molecule has 6 heteroatoms. The van der Waals surface area contributed by atoms with Crippen molar-refractivity contribution in [2.45, 2.75) is 26.7 Å². The number of carbonyl (C=O) groups excluding carboxylic acids is 2. The van der Waals surface area contributed by atoms with Crippen LogP contribution in [0.15, 0.2) is 47.6 Å². The Hall–Kier alpha value is -2.66. The summed E-state index contributed by atoms with van der Waals surface area (Å²) in [6.45, 7) is 3.88. The number of hydrogen-bond acceptors (Lipinski definition) is 3. The predicted molar refractivity (Wildman–Crippen MR) is 101 cm³/mol. The van der Waals surface area contributed by atoms with Gasteiger partial charge in [-0.15, -0.1) is 0 Å². The van der Waals surface area contributed by atoms with Gasteiger partial charge >= 0.3 is 0 Å². The number of nitrogens with zero attached hydrogens (tertiary/aromatic N) is 1. The van der Waals surface area contributed by atoms with Crippen LogP contribution < -0.4 is 10.7 Å². The number of nitrogens with one attached hydrogen (secondary N) is 2. The van der Waals surface area contributed by atoms with Gasteiger partial charge in [0.15, 0.2) is 0 Å². The summed E-state index contributed by atoms with van der Waals surface area (Å²) in [7, 11) is 0. The van der Waals surface area contributed by atoms with E-state index in [1.807, 2.05) is 32.0 Å². The van der Waals surface area contributed by atoms with Crippen LogP contribution in [0.25, 0.3) is 0 Å². The van der Waals surface area contributed by atoms with Crippen molar-refractivity contribution < 1.29 is 9.59 Å². The van der Waals surface area contributed by atoms with E-state index in [0.717, 1.165) is 22.4 Å². The van der Waals surface area contributed by atoms with E-state index in [1.54, 1.807) is 24.3 Å². The van der Waals surface area contributed by atoms with Gasteiger partial charge in [0.2, 0.25) is 11.8 Å². The third kappa shape index (κ3) is 6.39. The summed E-state index contributed by atoms with van der Waals surface area (Å²) in [4.78, 5) is 23.7. The summed E-state index contributed by atoms with van der Waals surface area (Å²) in [6, 6.07) is 12.9. The Balaban J connectivity index is 1.76. The van der Waals surface area contributed by atoms with Crippen LogP contribution in [-0.4, -0.2) is 18.0 Å². The molecule has 0 radical (unpaired) electrons. The Morgan fingerprint density at radius 3 is 2.44 bits per heavy atom. The van der Waals surface area contributed by atoms with E-state index < -0.39 is 0 Å². The normalized spacial score (nSPS) is 10.7. The van der Waals surface area contributed by atoms with Gasteiger partial charge < -0.3 is 5.32 Å². The second-order valence-electron chi connectivity index (χ2n) is 5.71. The molecule has 0 aromatic heterocycles. The molecule has 0 aliphatic rings. The van der Waals surface area contributed by atoms with E-state index in [2.05, 4.69) is 15.8 Å². The van der Waals surface area contributed by atoms with E-state index in [9.17, 15) is 9.59 Å². The van der Waals surface area contributed by atoms with Gasteiger partial charge in [0, 0.05) is 23.6 Å². The molecule has 0 saturated carbocycles. The first-order valence-electron chi connectivity index (χ1n) is 7.88. The Morgan fingerprint density at radius 1 is 1.04 bits per heavy atom. The number of rotatable bonds is 6. The minimum Gasteiger partial charge on any atom is -0.326 e. The van der Waals surface area contributed by atoms with E-state index in [0.29, 0.717) is 5.02 Å². The summed E-state index contributed by atoms with van der Waals surface area (Å²) in [6.07, 6.45) is 1.68. The van der Waals surface area contributed by atoms with E-state index in [4.69, 9.17) is 11.6 Å². The molecule has 0 aliphatic heterocycles. The van der Waals surface area contributed by atoms with Crippen LogP contribution in [-0.2, 0) is 9.59 Å². The molecule has 0 saturated heterocycles. The quantitative estimate of drug-likeness (QED) is 0.609. The minimum atomic E-state index is -0.318. The molecule has 2 aromatic carbocycles. The topological polar surface area (TPSA) is 70.6 Å². The van der Waals surface area contributed by atoms with Crippen molar-refractivity contribution in [1.29, 1.82) is 0 Å². The lowest BCUT2D eigenvalue weighted by molar-refractivity contribution is -0.124. The molecule has 0 unspecified atom stereocenters. The maximum atomic E-state index is 12.0. The summed E-state index contributed by atoms with van der Waals surface area (Å²) < 4.78 is 0. The van der Waals surface area contributed by atoms with Gasteiger partial charge in [-0.05, 0) is 48.7 Å². The molecule has 0 atom stereocenters. The highest BCUT2D eigenvalue weighted by Gasteiger charge is 2.08. The monoisotopic (exact) mass is 357 g/mol. The largest absolute Gasteiger partial charge is 0.326 e. The first-order valence-corrected chi connectivity index (χ1v) is 8.26. The third-order valence-corrected chi connectivity index (χ3v) is 3.77. The van der Waals surface area contributed by atoms with Crippen LogP contribution in [0.1, 0.15) is 29.5 Å². The van der Waals surface area contributed by atoms with Gasteiger partial charge in [0.25, 0.3) is 0 Å². The Morgan fingerprint density at radius 2 is 1.72 bits per heavy atom. The standard InChI is InChI=1S/C19H20ClN3O2/c1-13-3-4-14(2)17(11-13)22-18(24)9-10-19(25)23-21-12-15-5-7-16(20)8-6-15/h3-8,11-12H,9-10H2,1-2H3,(H,22,24)(H,23,25)/b21-12+. The van der Waals surface area contributed by atoms with Gasteiger partial charge in [-0.1, -0.05) is 35.9 Å². The number of halogens is 1. The van der Waals surface area contributed by atoms with E-state index in [-0.39, 0.29) is 24.7 Å². The lowest BCUT2D eigenvalue weighted by Crippen LogP contribution is -2.20. The number of aryl methyl sites for hydroxylation is 2. The fourth-order valence-electron chi connectivity index (χ4n) is 2.09. The van der Waals surface area contributed by atoms with Gasteiger partial charge in [-0.2, -0.15) is 5.10 Å². The molecule has 0 spiro atoms. The SMILES string of the molecule is Cc1ccc(C)c(NC(=O)CCC(=O)N/N=C/c2ccc(Cl)cc2)c1. The molecule has 0 fully saturated rings. The summed E-state index contributed by atoms with van der Waals surface area (Å²) in [5.41, 5.74) is 6.04. The van der Waals surface area contributed by atoms with Gasteiger partial charge in [0.1, 0.15) is 0 Å². The summed E-state index contributed by atoms with van der Waals surface area (Å²) in [5.74, 6) is -0.521. The van der Waals surface area contributed by atoms with Gasteiger partial charge in [0.05, 0.1) is 6.21 Å². The second-order valence-corrected chi connectivity index (χ2v) is 6.15. The number of carbonyl (C=O) groups is 2. The molecule has 0 bridgehead atoms. The van der Waals surface area contributed by atoms with Crippen LogP contribution >= 0.6 is 11.6 Å². The Kier molecular flexibility index (Phi) is 6.71. The average Bonchev–Trinajstić information content (AvgIpc) is 2.58. The zero-order valence-electron chi connectivity index (χ0n) is 14.2. The highest BCUT2D eigenvalue weighted by atomic mass is 35.5. The summed E-state index contributed by atoms with van der Waals surface area (Å²) >= 11 is 5.79. The zero-order chi connectivity index (χ0) is 18.2. The fourth-order valence-corrected chi connectivity index (χ4v) is 2.22. The third-order valence-electron chi connectivity index (χ3n) is 3.52. The van der Waals surface area contributed by atoms with Gasteiger partial charge in [-0.25, -0.2) is 5.43 Å². The van der Waals surface area contributed by atoms with Crippen LogP contribution in [0.2, 0.25) is 5.02 Å². The van der Waals surface area contributed by atoms with Crippen molar-refractivity contribution >= 4 is 35.3 Å². The molecular weight excluding hydrogens is 338 g/mol. The number of benzene rings is 2. The first kappa shape index (κ1) is 18.7. The van der Waals surface area contributed by atoms with Crippen molar-refractivity contribution in [3.8, 4) is 0 Å². The number of anilines is 1. The van der Waals surface area contributed by atoms with Crippen LogP contribution in [0.5, 0.6) is 0 Å². The maximum Gasteiger partial charge on any atom is 0.240 e. The maximum absolute atomic E-state index is 12.0. The Labute approximate surface area is 152 Å². The van der Waals surface area contributed by atoms with E-state index >= 15 is 0 Å². The second kappa shape index (κ2) is 8.99. The lowest BCUT2D eigenvalue weighted by atomic mass is 10.1. The molecule has 2 N–H and O–H groups in total. The summed E-state index contributed by atoms with van der Waals surface area (Å²) in [5, 5.41) is 7.32. The molecule has 130 valence electrons. The molecule has 2 aromatic rings. The number of hydrogen-bond donors (Lipinski definition) is 2. The smallest absolute Gasteiger partial charge is 0.240 e. The zero-order valence-corrected chi connectivity index (χ0v) is 14.9. The van der Waals surface area contributed by atoms with Crippen molar-refractivity contribution in [2.75, 3.05) is 5.32 Å². The van der Waals surface area contributed by atoms with Crippen molar-refractivity contribution in [2.24, 2.45) is 5.10 Å². The van der Waals surface area contributed by atoms with E-state index in [1.165, 1.54) is 6.21 Å². The van der Waals surface area contributed by atoms with Crippen LogP contribution in [0.3, 0.4) is 0 Å². The van der Waals surface area contributed by atoms with Crippen molar-refractivity contribution in [3.63, 3.8) is 0 Å². The van der Waals surface area contributed by atoms with Crippen molar-refractivity contribution in [1.82, 2.24) is 5.43 Å².